The second kappa shape index (κ2) is 7.16. The molecule has 4 nitrogen and oxygen atoms in total. The molecule has 0 saturated carbocycles. The van der Waals surface area contributed by atoms with Crippen molar-refractivity contribution in [2.24, 2.45) is 0 Å². The Morgan fingerprint density at radius 1 is 1.28 bits per heavy atom. The van der Waals surface area contributed by atoms with Gasteiger partial charge in [0.2, 0.25) is 0 Å². The zero-order valence-corrected chi connectivity index (χ0v) is 11.8. The fourth-order valence-electron chi connectivity index (χ4n) is 1.52. The summed E-state index contributed by atoms with van der Waals surface area (Å²) < 4.78 is 0.869. The standard InChI is InChI=1S/C13H16BrNO3/c1-2-3-4-12(16)9-15(13(17)18)11-7-5-10(14)6-8-11/h5-8H,2-4,9H2,1H3,(H,17,18). The van der Waals surface area contributed by atoms with E-state index < -0.39 is 6.09 Å². The van der Waals surface area contributed by atoms with Gasteiger partial charge in [0.15, 0.2) is 5.78 Å². The lowest BCUT2D eigenvalue weighted by Crippen LogP contribution is -2.34. The number of ketones is 1. The van der Waals surface area contributed by atoms with Crippen LogP contribution in [0.3, 0.4) is 0 Å². The lowest BCUT2D eigenvalue weighted by molar-refractivity contribution is -0.117. The Balaban J connectivity index is 2.74. The maximum absolute atomic E-state index is 11.6. The molecule has 0 saturated heterocycles. The molecule has 0 aliphatic heterocycles. The molecule has 1 aromatic carbocycles. The van der Waals surface area contributed by atoms with E-state index in [9.17, 15) is 9.59 Å². The topological polar surface area (TPSA) is 57.6 Å². The molecule has 0 unspecified atom stereocenters. The summed E-state index contributed by atoms with van der Waals surface area (Å²) in [6.07, 6.45) is 1.04. The molecule has 98 valence electrons. The lowest BCUT2D eigenvalue weighted by atomic mass is 10.2. The molecule has 0 atom stereocenters. The number of amides is 1. The van der Waals surface area contributed by atoms with Gasteiger partial charge < -0.3 is 5.11 Å². The van der Waals surface area contributed by atoms with Gasteiger partial charge in [0.05, 0.1) is 6.54 Å². The molecule has 5 heteroatoms. The maximum Gasteiger partial charge on any atom is 0.412 e. The number of halogens is 1. The summed E-state index contributed by atoms with van der Waals surface area (Å²) in [7, 11) is 0. The first-order chi connectivity index (χ1) is 8.54. The van der Waals surface area contributed by atoms with Crippen LogP contribution in [0.1, 0.15) is 26.2 Å². The molecule has 1 aromatic rings. The number of rotatable bonds is 6. The van der Waals surface area contributed by atoms with Crippen molar-refractivity contribution in [2.75, 3.05) is 11.4 Å². The SMILES string of the molecule is CCCCC(=O)CN(C(=O)O)c1ccc(Br)cc1. The van der Waals surface area contributed by atoms with Gasteiger partial charge >= 0.3 is 6.09 Å². The molecular weight excluding hydrogens is 298 g/mol. The normalized spacial score (nSPS) is 10.1. The molecular formula is C13H16BrNO3. The van der Waals surface area contributed by atoms with Gasteiger partial charge in [0.25, 0.3) is 0 Å². The molecule has 0 aliphatic rings. The molecule has 0 aliphatic carbocycles. The van der Waals surface area contributed by atoms with E-state index in [0.717, 1.165) is 22.2 Å². The lowest BCUT2D eigenvalue weighted by Gasteiger charge is -2.18. The summed E-state index contributed by atoms with van der Waals surface area (Å²) in [6, 6.07) is 6.85. The molecule has 18 heavy (non-hydrogen) atoms. The quantitative estimate of drug-likeness (QED) is 0.871. The summed E-state index contributed by atoms with van der Waals surface area (Å²) in [5, 5.41) is 9.13. The van der Waals surface area contributed by atoms with Gasteiger partial charge in [-0.25, -0.2) is 4.79 Å². The average molecular weight is 314 g/mol. The van der Waals surface area contributed by atoms with E-state index in [2.05, 4.69) is 15.9 Å². The molecule has 0 radical (unpaired) electrons. The van der Waals surface area contributed by atoms with Gasteiger partial charge in [0.1, 0.15) is 0 Å². The molecule has 1 amide bonds. The van der Waals surface area contributed by atoms with Crippen LogP contribution >= 0.6 is 15.9 Å². The van der Waals surface area contributed by atoms with Crippen LogP contribution in [0.25, 0.3) is 0 Å². The van der Waals surface area contributed by atoms with Gasteiger partial charge in [-0.2, -0.15) is 0 Å². The Hall–Kier alpha value is -1.36. The second-order valence-corrected chi connectivity index (χ2v) is 4.90. The van der Waals surface area contributed by atoms with Crippen LogP contribution in [-0.4, -0.2) is 23.5 Å². The molecule has 0 spiro atoms. The predicted molar refractivity (Wildman–Crippen MR) is 74.0 cm³/mol. The summed E-state index contributed by atoms with van der Waals surface area (Å²) in [5.41, 5.74) is 0.510. The van der Waals surface area contributed by atoms with Gasteiger partial charge in [-0.1, -0.05) is 29.3 Å². The van der Waals surface area contributed by atoms with Gasteiger partial charge in [-0.3, -0.25) is 9.69 Å². The molecule has 1 N–H and O–H groups in total. The van der Waals surface area contributed by atoms with E-state index in [-0.39, 0.29) is 12.3 Å². The van der Waals surface area contributed by atoms with Crippen molar-refractivity contribution in [1.29, 1.82) is 0 Å². The predicted octanol–water partition coefficient (Wildman–Crippen LogP) is 3.69. The summed E-state index contributed by atoms with van der Waals surface area (Å²) in [4.78, 5) is 23.9. The summed E-state index contributed by atoms with van der Waals surface area (Å²) >= 11 is 3.28. The fraction of sp³-hybridized carbons (Fsp3) is 0.385. The molecule has 0 aromatic heterocycles. The number of carbonyl (C=O) groups is 2. The monoisotopic (exact) mass is 313 g/mol. The fourth-order valence-corrected chi connectivity index (χ4v) is 1.78. The van der Waals surface area contributed by atoms with Crippen molar-refractivity contribution < 1.29 is 14.7 Å². The largest absolute Gasteiger partial charge is 0.465 e. The highest BCUT2D eigenvalue weighted by Crippen LogP contribution is 2.18. The smallest absolute Gasteiger partial charge is 0.412 e. The Kier molecular flexibility index (Phi) is 5.85. The first kappa shape index (κ1) is 14.7. The van der Waals surface area contributed by atoms with Crippen molar-refractivity contribution in [1.82, 2.24) is 0 Å². The van der Waals surface area contributed by atoms with Crippen LogP contribution in [0.2, 0.25) is 0 Å². The van der Waals surface area contributed by atoms with Crippen LogP contribution < -0.4 is 4.90 Å². The molecule has 0 heterocycles. The summed E-state index contributed by atoms with van der Waals surface area (Å²) in [5.74, 6) is -0.0535. The third-order valence-corrected chi connectivity index (χ3v) is 3.04. The highest BCUT2D eigenvalue weighted by Gasteiger charge is 2.17. The number of carbonyl (C=O) groups excluding carboxylic acids is 1. The van der Waals surface area contributed by atoms with Gasteiger partial charge in [0, 0.05) is 16.6 Å². The van der Waals surface area contributed by atoms with Crippen LogP contribution in [0.4, 0.5) is 10.5 Å². The van der Waals surface area contributed by atoms with Crippen molar-refractivity contribution in [3.05, 3.63) is 28.7 Å². The van der Waals surface area contributed by atoms with E-state index >= 15 is 0 Å². The van der Waals surface area contributed by atoms with Gasteiger partial charge in [-0.15, -0.1) is 0 Å². The molecule has 0 fully saturated rings. The number of benzene rings is 1. The van der Waals surface area contributed by atoms with Crippen LogP contribution in [0, 0.1) is 0 Å². The first-order valence-electron chi connectivity index (χ1n) is 5.82. The number of hydrogen-bond donors (Lipinski definition) is 1. The summed E-state index contributed by atoms with van der Waals surface area (Å²) in [6.45, 7) is 1.91. The van der Waals surface area contributed by atoms with E-state index in [1.165, 1.54) is 0 Å². The zero-order valence-electron chi connectivity index (χ0n) is 10.2. The van der Waals surface area contributed by atoms with Crippen LogP contribution in [-0.2, 0) is 4.79 Å². The number of hydrogen-bond acceptors (Lipinski definition) is 2. The third kappa shape index (κ3) is 4.49. The third-order valence-electron chi connectivity index (χ3n) is 2.51. The van der Waals surface area contributed by atoms with Crippen molar-refractivity contribution in [3.8, 4) is 0 Å². The Morgan fingerprint density at radius 2 is 1.89 bits per heavy atom. The van der Waals surface area contributed by atoms with Crippen molar-refractivity contribution in [3.63, 3.8) is 0 Å². The highest BCUT2D eigenvalue weighted by atomic mass is 79.9. The highest BCUT2D eigenvalue weighted by molar-refractivity contribution is 9.10. The minimum atomic E-state index is -1.11. The first-order valence-corrected chi connectivity index (χ1v) is 6.61. The van der Waals surface area contributed by atoms with E-state index in [1.807, 2.05) is 6.92 Å². The molecule has 1 rings (SSSR count). The number of anilines is 1. The van der Waals surface area contributed by atoms with E-state index in [4.69, 9.17) is 5.11 Å². The van der Waals surface area contributed by atoms with Crippen molar-refractivity contribution in [2.45, 2.75) is 26.2 Å². The number of Topliss-reactive ketones (excluding diaryl/α,β-unsaturated/α-hetero) is 1. The van der Waals surface area contributed by atoms with Crippen LogP contribution in [0.15, 0.2) is 28.7 Å². The minimum Gasteiger partial charge on any atom is -0.465 e. The number of nitrogens with zero attached hydrogens (tertiary/aromatic N) is 1. The van der Waals surface area contributed by atoms with Crippen LogP contribution in [0.5, 0.6) is 0 Å². The molecule has 0 bridgehead atoms. The Bertz CT molecular complexity index is 417. The van der Waals surface area contributed by atoms with Crippen molar-refractivity contribution >= 4 is 33.5 Å². The Labute approximate surface area is 115 Å². The number of unbranched alkanes of at least 4 members (excludes halogenated alkanes) is 1. The van der Waals surface area contributed by atoms with E-state index in [0.29, 0.717) is 12.1 Å². The average Bonchev–Trinajstić information content (AvgIpc) is 2.34. The maximum atomic E-state index is 11.6. The van der Waals surface area contributed by atoms with E-state index in [1.54, 1.807) is 24.3 Å². The minimum absolute atomic E-state index is 0.0535. The second-order valence-electron chi connectivity index (χ2n) is 3.99. The Morgan fingerprint density at radius 3 is 2.39 bits per heavy atom. The van der Waals surface area contributed by atoms with Gasteiger partial charge in [-0.05, 0) is 30.7 Å². The zero-order chi connectivity index (χ0) is 13.5. The number of carboxylic acid groups (broad SMARTS) is 1.